The van der Waals surface area contributed by atoms with Crippen LogP contribution in [-0.4, -0.2) is 49.0 Å². The summed E-state index contributed by atoms with van der Waals surface area (Å²) >= 11 is 3.78. The normalized spacial score (nSPS) is 11.7. The molecule has 1 N–H and O–H groups in total. The zero-order valence-electron chi connectivity index (χ0n) is 54.1. The Balaban J connectivity index is 0.000000121. The fourth-order valence-corrected chi connectivity index (χ4v) is 14.3. The Labute approximate surface area is 590 Å². The van der Waals surface area contributed by atoms with E-state index in [1.165, 1.54) is 16.5 Å². The van der Waals surface area contributed by atoms with Crippen LogP contribution in [0.5, 0.6) is 0 Å². The number of aromatic nitrogens is 10. The molecule has 18 aromatic rings. The number of benzene rings is 14. The summed E-state index contributed by atoms with van der Waals surface area (Å²) in [5, 5.41) is 7.96. The van der Waals surface area contributed by atoms with Gasteiger partial charge in [0.2, 0.25) is 11.9 Å². The van der Waals surface area contributed by atoms with Gasteiger partial charge in [0.05, 0.1) is 44.8 Å². The Morgan fingerprint density at radius 2 is 0.634 bits per heavy atom. The second-order valence-electron chi connectivity index (χ2n) is 24.5. The number of hydrogen-bond acceptors (Lipinski definition) is 10. The van der Waals surface area contributed by atoms with Crippen molar-refractivity contribution in [3.8, 4) is 102 Å². The average Bonchev–Trinajstić information content (AvgIpc) is 1.60. The molecular formula is C88H57BrN12. The maximum atomic E-state index is 5.38. The summed E-state index contributed by atoms with van der Waals surface area (Å²) in [7, 11) is 0. The van der Waals surface area contributed by atoms with Gasteiger partial charge in [-0.2, -0.15) is 0 Å². The van der Waals surface area contributed by atoms with Gasteiger partial charge in [-0.15, -0.1) is 0 Å². The predicted octanol–water partition coefficient (Wildman–Crippen LogP) is 22.4. The molecule has 6 heterocycles. The van der Waals surface area contributed by atoms with Crippen LogP contribution in [0.25, 0.3) is 146 Å². The van der Waals surface area contributed by atoms with Gasteiger partial charge in [0.25, 0.3) is 0 Å². The highest BCUT2D eigenvalue weighted by Gasteiger charge is 2.33. The molecule has 0 bridgehead atoms. The first-order valence-electron chi connectivity index (χ1n) is 33.4. The summed E-state index contributed by atoms with van der Waals surface area (Å²) in [6.45, 7) is 0. The lowest BCUT2D eigenvalue weighted by atomic mass is 9.98. The van der Waals surface area contributed by atoms with Crippen molar-refractivity contribution >= 4 is 88.5 Å². The topological polar surface area (TPSA) is 128 Å². The number of rotatable bonds is 7. The van der Waals surface area contributed by atoms with Gasteiger partial charge in [-0.1, -0.05) is 279 Å². The lowest BCUT2D eigenvalue weighted by Gasteiger charge is -2.28. The number of imidazole rings is 2. The minimum absolute atomic E-state index is 0.584. The van der Waals surface area contributed by atoms with Crippen molar-refractivity contribution in [3.63, 3.8) is 0 Å². The third-order valence-corrected chi connectivity index (χ3v) is 19.2. The molecule has 0 atom stereocenters. The van der Waals surface area contributed by atoms with E-state index in [0.29, 0.717) is 34.9 Å². The second kappa shape index (κ2) is 25.9. The van der Waals surface area contributed by atoms with Crippen molar-refractivity contribution in [3.05, 3.63) is 344 Å². The molecule has 13 heteroatoms. The Kier molecular flexibility index (Phi) is 15.4. The van der Waals surface area contributed by atoms with E-state index in [9.17, 15) is 0 Å². The fourth-order valence-electron chi connectivity index (χ4n) is 13.7. The lowest BCUT2D eigenvalue weighted by Crippen LogP contribution is -2.16. The van der Waals surface area contributed by atoms with Crippen LogP contribution >= 0.6 is 15.9 Å². The van der Waals surface area contributed by atoms with E-state index >= 15 is 0 Å². The standard InChI is InChI=1S/C44H28N6.C25H16BrN3.C19H13N3/c1-3-16-30(17-4-1)41-46-42(31-18-5-2-6-19-31)48-43(47-41)35-28-27-29-15-7-8-20-32(29)40(35)50-38-25-13-10-22-34(38)33-21-9-12-24-37(33)49-39-26-14-11-23-36(39)45-44(49)50;26-22-20-14-8-7-9-17(20)15-16-21(22)25-28-23(18-10-3-1-4-11-18)27-24(29-25)19-12-5-2-6-13-19;1-3-9-15-13(7-1)14-8-2-5-11-17(14)22-18-12-6-4-10-16(18)21-19(22)20-15/h1-28H;1-16H;1-12H,(H,20,21). The monoisotopic (exact) mass is 1360 g/mol. The van der Waals surface area contributed by atoms with Crippen LogP contribution in [0.4, 0.5) is 29.0 Å². The molecule has 2 aliphatic heterocycles. The van der Waals surface area contributed by atoms with Crippen molar-refractivity contribution in [1.29, 1.82) is 0 Å². The highest BCUT2D eigenvalue weighted by atomic mass is 79.9. The summed E-state index contributed by atoms with van der Waals surface area (Å²) in [4.78, 5) is 42.2. The highest BCUT2D eigenvalue weighted by molar-refractivity contribution is 9.10. The Morgan fingerprint density at radius 3 is 1.20 bits per heavy atom. The molecule has 2 aliphatic rings. The van der Waals surface area contributed by atoms with Crippen LogP contribution < -0.4 is 10.2 Å². The van der Waals surface area contributed by atoms with Crippen LogP contribution in [0, 0.1) is 0 Å². The minimum atomic E-state index is 0.584. The maximum Gasteiger partial charge on any atom is 0.220 e. The first kappa shape index (κ1) is 60.1. The molecule has 0 fully saturated rings. The number of anilines is 5. The quantitative estimate of drug-likeness (QED) is 0.165. The first-order valence-corrected chi connectivity index (χ1v) is 34.2. The first-order chi connectivity index (χ1) is 50.0. The molecule has 0 saturated carbocycles. The smallest absolute Gasteiger partial charge is 0.220 e. The van der Waals surface area contributed by atoms with Gasteiger partial charge >= 0.3 is 0 Å². The van der Waals surface area contributed by atoms with Crippen LogP contribution in [-0.2, 0) is 0 Å². The van der Waals surface area contributed by atoms with Crippen molar-refractivity contribution in [2.24, 2.45) is 0 Å². The predicted molar refractivity (Wildman–Crippen MR) is 413 cm³/mol. The molecule has 20 rings (SSSR count). The van der Waals surface area contributed by atoms with E-state index in [4.69, 9.17) is 39.9 Å². The number of halogens is 1. The second-order valence-corrected chi connectivity index (χ2v) is 25.3. The fraction of sp³-hybridized carbons (Fsp3) is 0. The third kappa shape index (κ3) is 11.1. The van der Waals surface area contributed by atoms with E-state index in [2.05, 4.69) is 217 Å². The van der Waals surface area contributed by atoms with Gasteiger partial charge in [0.15, 0.2) is 34.9 Å². The molecule has 0 spiro atoms. The van der Waals surface area contributed by atoms with Gasteiger partial charge in [0.1, 0.15) is 0 Å². The van der Waals surface area contributed by atoms with E-state index in [0.717, 1.165) is 128 Å². The molecule has 14 aromatic carbocycles. The summed E-state index contributed by atoms with van der Waals surface area (Å²) in [6, 6.07) is 116. The Morgan fingerprint density at radius 1 is 0.257 bits per heavy atom. The summed E-state index contributed by atoms with van der Waals surface area (Å²) in [6.07, 6.45) is 0. The van der Waals surface area contributed by atoms with Gasteiger partial charge in [-0.3, -0.25) is 14.0 Å². The number of hydrogen-bond donors (Lipinski definition) is 1. The van der Waals surface area contributed by atoms with Crippen LogP contribution in [0.15, 0.2) is 344 Å². The van der Waals surface area contributed by atoms with Crippen molar-refractivity contribution in [2.45, 2.75) is 0 Å². The van der Waals surface area contributed by atoms with Crippen molar-refractivity contribution < 1.29 is 0 Å². The number of nitrogens with one attached hydrogen (secondary N) is 1. The minimum Gasteiger partial charge on any atom is -0.325 e. The third-order valence-electron chi connectivity index (χ3n) is 18.4. The summed E-state index contributed by atoms with van der Waals surface area (Å²) in [5.74, 6) is 5.44. The molecular weight excluding hydrogens is 1300 g/mol. The molecule has 0 radical (unpaired) electrons. The van der Waals surface area contributed by atoms with Crippen LogP contribution in [0.3, 0.4) is 0 Å². The molecule has 0 aliphatic carbocycles. The molecule has 101 heavy (non-hydrogen) atoms. The van der Waals surface area contributed by atoms with Gasteiger partial charge in [-0.05, 0) is 92.8 Å². The van der Waals surface area contributed by atoms with Gasteiger partial charge in [-0.25, -0.2) is 39.9 Å². The van der Waals surface area contributed by atoms with Crippen molar-refractivity contribution in [2.75, 3.05) is 10.2 Å². The molecule has 0 amide bonds. The number of fused-ring (bicyclic) bond motifs is 16. The van der Waals surface area contributed by atoms with Crippen molar-refractivity contribution in [1.82, 2.24) is 49.0 Å². The summed E-state index contributed by atoms with van der Waals surface area (Å²) < 4.78 is 5.47. The molecule has 12 nitrogen and oxygen atoms in total. The zero-order chi connectivity index (χ0) is 67.2. The van der Waals surface area contributed by atoms with Crippen LogP contribution in [0.2, 0.25) is 0 Å². The van der Waals surface area contributed by atoms with Crippen LogP contribution in [0.1, 0.15) is 0 Å². The molecule has 0 saturated heterocycles. The average molecular weight is 1360 g/mol. The van der Waals surface area contributed by atoms with Gasteiger partial charge < -0.3 is 5.32 Å². The van der Waals surface area contributed by atoms with Gasteiger partial charge in [0, 0.05) is 71.2 Å². The zero-order valence-corrected chi connectivity index (χ0v) is 55.7. The van der Waals surface area contributed by atoms with E-state index < -0.39 is 0 Å². The lowest BCUT2D eigenvalue weighted by molar-refractivity contribution is 1.05. The largest absolute Gasteiger partial charge is 0.325 e. The maximum absolute atomic E-state index is 5.38. The molecule has 4 aromatic heterocycles. The molecule has 0 unspecified atom stereocenters. The Bertz CT molecular complexity index is 6040. The Hall–Kier alpha value is -13.4. The SMILES string of the molecule is Brc1c(-c2nc(-c3ccccc3)nc(-c3ccccc3)n2)ccc2ccccc12.c1ccc(-c2nc(-c3ccccc3)nc(-c3ccc4ccccc4c3N3c4ccccc4-c4ccccc4-n4c3nc3ccccc34)n2)cc1.c1ccc2c(c1)Nc1nc3ccccc3n1-c1ccccc1-2. The van der Waals surface area contributed by atoms with E-state index in [1.54, 1.807) is 0 Å². The van der Waals surface area contributed by atoms with E-state index in [-0.39, 0.29) is 0 Å². The number of nitrogens with zero attached hydrogens (tertiary/aromatic N) is 11. The van der Waals surface area contributed by atoms with E-state index in [1.807, 2.05) is 158 Å². The summed E-state index contributed by atoms with van der Waals surface area (Å²) in [5.41, 5.74) is 19.6. The number of para-hydroxylation sites is 8. The highest BCUT2D eigenvalue weighted by Crippen LogP contribution is 2.52. The molecule has 476 valence electrons.